The maximum atomic E-state index is 10.7. The minimum atomic E-state index is -1.02. The summed E-state index contributed by atoms with van der Waals surface area (Å²) in [6, 6.07) is 6.60. The Labute approximate surface area is 80.9 Å². The lowest BCUT2D eigenvalue weighted by Crippen LogP contribution is -2.13. The van der Waals surface area contributed by atoms with Gasteiger partial charge in [-0.3, -0.25) is 0 Å². The second kappa shape index (κ2) is 4.25. The second-order valence-electron chi connectivity index (χ2n) is 2.51. The molecule has 1 N–H and O–H groups in total. The Bertz CT molecular complexity index is 311. The van der Waals surface area contributed by atoms with Crippen molar-refractivity contribution in [2.45, 2.75) is 6.10 Å². The Balaban J connectivity index is 2.98. The van der Waals surface area contributed by atoms with E-state index in [1.54, 1.807) is 24.3 Å². The van der Waals surface area contributed by atoms with Crippen molar-refractivity contribution in [3.8, 4) is 0 Å². The molecule has 0 saturated heterocycles. The lowest BCUT2D eigenvalue weighted by Gasteiger charge is -2.10. The molecular weight excluding hydrogens is 192 g/mol. The number of hydrogen-bond acceptors (Lipinski definition) is 2. The van der Waals surface area contributed by atoms with Crippen LogP contribution in [0, 0.1) is 0 Å². The molecule has 0 amide bonds. The lowest BCUT2D eigenvalue weighted by molar-refractivity contribution is -0.148. The van der Waals surface area contributed by atoms with E-state index < -0.39 is 12.1 Å². The van der Waals surface area contributed by atoms with E-state index in [-0.39, 0.29) is 0 Å². The summed E-state index contributed by atoms with van der Waals surface area (Å²) in [5.74, 6) is -1.02. The molecule has 3 nitrogen and oxygen atoms in total. The van der Waals surface area contributed by atoms with E-state index in [2.05, 4.69) is 0 Å². The molecule has 1 aromatic rings. The molecule has 0 aromatic heterocycles. The summed E-state index contributed by atoms with van der Waals surface area (Å²) in [6.45, 7) is 0. The first kappa shape index (κ1) is 10.0. The molecule has 70 valence electrons. The number of halogens is 1. The van der Waals surface area contributed by atoms with E-state index >= 15 is 0 Å². The van der Waals surface area contributed by atoms with Gasteiger partial charge in [-0.05, 0) is 17.7 Å². The number of rotatable bonds is 3. The van der Waals surface area contributed by atoms with Crippen molar-refractivity contribution < 1.29 is 14.6 Å². The molecule has 13 heavy (non-hydrogen) atoms. The zero-order valence-electron chi connectivity index (χ0n) is 7.03. The molecule has 0 aliphatic rings. The molecule has 1 rings (SSSR count). The van der Waals surface area contributed by atoms with Crippen molar-refractivity contribution in [2.75, 3.05) is 7.11 Å². The first-order valence-electron chi connectivity index (χ1n) is 3.66. The maximum Gasteiger partial charge on any atom is 0.337 e. The Morgan fingerprint density at radius 3 is 2.77 bits per heavy atom. The molecule has 0 heterocycles. The molecule has 0 aliphatic carbocycles. The van der Waals surface area contributed by atoms with Gasteiger partial charge in [-0.25, -0.2) is 4.79 Å². The predicted molar refractivity (Wildman–Crippen MR) is 48.8 cm³/mol. The highest BCUT2D eigenvalue weighted by Crippen LogP contribution is 2.20. The van der Waals surface area contributed by atoms with Gasteiger partial charge in [0.1, 0.15) is 0 Å². The average molecular weight is 201 g/mol. The van der Waals surface area contributed by atoms with Crippen LogP contribution in [0.2, 0.25) is 5.02 Å². The number of carboxylic acid groups (broad SMARTS) is 1. The van der Waals surface area contributed by atoms with Crippen LogP contribution in [-0.4, -0.2) is 18.2 Å². The van der Waals surface area contributed by atoms with Crippen molar-refractivity contribution in [3.05, 3.63) is 34.9 Å². The number of aliphatic carboxylic acids is 1. The smallest absolute Gasteiger partial charge is 0.337 e. The monoisotopic (exact) mass is 200 g/mol. The van der Waals surface area contributed by atoms with Crippen LogP contribution < -0.4 is 0 Å². The van der Waals surface area contributed by atoms with E-state index in [0.717, 1.165) is 0 Å². The quantitative estimate of drug-likeness (QED) is 0.813. The second-order valence-corrected chi connectivity index (χ2v) is 2.95. The summed E-state index contributed by atoms with van der Waals surface area (Å²) < 4.78 is 4.79. The van der Waals surface area contributed by atoms with Gasteiger partial charge >= 0.3 is 5.97 Å². The fraction of sp³-hybridized carbons (Fsp3) is 0.222. The van der Waals surface area contributed by atoms with Crippen LogP contribution in [0.25, 0.3) is 0 Å². The number of methoxy groups -OCH3 is 1. The summed E-state index contributed by atoms with van der Waals surface area (Å²) in [5, 5.41) is 9.25. The summed E-state index contributed by atoms with van der Waals surface area (Å²) in [6.07, 6.45) is -0.946. The van der Waals surface area contributed by atoms with Crippen LogP contribution in [-0.2, 0) is 9.53 Å². The van der Waals surface area contributed by atoms with Gasteiger partial charge in [0.05, 0.1) is 0 Å². The highest BCUT2D eigenvalue weighted by atomic mass is 35.5. The van der Waals surface area contributed by atoms with Crippen molar-refractivity contribution in [1.82, 2.24) is 0 Å². The van der Waals surface area contributed by atoms with Gasteiger partial charge in [0.15, 0.2) is 6.10 Å². The standard InChI is InChI=1S/C9H9ClO3/c1-13-8(9(11)12)6-3-2-4-7(10)5-6/h2-5,8H,1H3,(H,11,12)/t8-/m0/s1. The van der Waals surface area contributed by atoms with E-state index in [1.807, 2.05) is 0 Å². The van der Waals surface area contributed by atoms with Gasteiger partial charge < -0.3 is 9.84 Å². The van der Waals surface area contributed by atoms with Crippen molar-refractivity contribution in [1.29, 1.82) is 0 Å². The van der Waals surface area contributed by atoms with Crippen LogP contribution in [0.1, 0.15) is 11.7 Å². The number of carboxylic acids is 1. The Kier molecular flexibility index (Phi) is 3.28. The zero-order chi connectivity index (χ0) is 9.84. The summed E-state index contributed by atoms with van der Waals surface area (Å²) in [7, 11) is 1.35. The third-order valence-electron chi connectivity index (χ3n) is 1.61. The molecule has 0 aliphatic heterocycles. The minimum absolute atomic E-state index is 0.501. The number of benzene rings is 1. The molecule has 0 radical (unpaired) electrons. The van der Waals surface area contributed by atoms with Gasteiger partial charge in [0.2, 0.25) is 0 Å². The first-order valence-corrected chi connectivity index (χ1v) is 4.04. The SMILES string of the molecule is CO[C@H](C(=O)O)c1cccc(Cl)c1. The van der Waals surface area contributed by atoms with Crippen LogP contribution in [0.5, 0.6) is 0 Å². The molecule has 1 atom stereocenters. The van der Waals surface area contributed by atoms with Crippen molar-refractivity contribution in [2.24, 2.45) is 0 Å². The first-order chi connectivity index (χ1) is 6.15. The predicted octanol–water partition coefficient (Wildman–Crippen LogP) is 2.11. The molecule has 0 spiro atoms. The van der Waals surface area contributed by atoms with Gasteiger partial charge in [-0.2, -0.15) is 0 Å². The Hall–Kier alpha value is -1.06. The topological polar surface area (TPSA) is 46.5 Å². The molecular formula is C9H9ClO3. The van der Waals surface area contributed by atoms with E-state index in [4.69, 9.17) is 21.4 Å². The maximum absolute atomic E-state index is 10.7. The summed E-state index contributed by atoms with van der Waals surface area (Å²) in [4.78, 5) is 10.7. The van der Waals surface area contributed by atoms with Gasteiger partial charge in [-0.15, -0.1) is 0 Å². The number of hydrogen-bond donors (Lipinski definition) is 1. The number of ether oxygens (including phenoxy) is 1. The third-order valence-corrected chi connectivity index (χ3v) is 1.85. The molecule has 0 fully saturated rings. The number of carbonyl (C=O) groups is 1. The van der Waals surface area contributed by atoms with Crippen molar-refractivity contribution >= 4 is 17.6 Å². The molecule has 4 heteroatoms. The van der Waals surface area contributed by atoms with Crippen LogP contribution in [0.4, 0.5) is 0 Å². The van der Waals surface area contributed by atoms with Gasteiger partial charge in [0, 0.05) is 12.1 Å². The van der Waals surface area contributed by atoms with Crippen molar-refractivity contribution in [3.63, 3.8) is 0 Å². The largest absolute Gasteiger partial charge is 0.479 e. The normalized spacial score (nSPS) is 12.5. The highest BCUT2D eigenvalue weighted by Gasteiger charge is 2.18. The zero-order valence-corrected chi connectivity index (χ0v) is 7.78. The minimum Gasteiger partial charge on any atom is -0.479 e. The molecule has 0 unspecified atom stereocenters. The average Bonchev–Trinajstić information content (AvgIpc) is 2.04. The molecule has 0 saturated carbocycles. The summed E-state index contributed by atoms with van der Waals surface area (Å²) >= 11 is 5.70. The van der Waals surface area contributed by atoms with E-state index in [0.29, 0.717) is 10.6 Å². The highest BCUT2D eigenvalue weighted by molar-refractivity contribution is 6.30. The van der Waals surface area contributed by atoms with E-state index in [9.17, 15) is 4.79 Å². The van der Waals surface area contributed by atoms with Crippen LogP contribution >= 0.6 is 11.6 Å². The van der Waals surface area contributed by atoms with E-state index in [1.165, 1.54) is 7.11 Å². The van der Waals surface area contributed by atoms with Gasteiger partial charge in [-0.1, -0.05) is 23.7 Å². The Morgan fingerprint density at radius 1 is 1.62 bits per heavy atom. The summed E-state index contributed by atoms with van der Waals surface area (Å²) in [5.41, 5.74) is 0.544. The Morgan fingerprint density at radius 2 is 2.31 bits per heavy atom. The fourth-order valence-electron chi connectivity index (χ4n) is 1.05. The van der Waals surface area contributed by atoms with Gasteiger partial charge in [0.25, 0.3) is 0 Å². The lowest BCUT2D eigenvalue weighted by atomic mass is 10.1. The van der Waals surface area contributed by atoms with Crippen LogP contribution in [0.3, 0.4) is 0 Å². The van der Waals surface area contributed by atoms with Crippen LogP contribution in [0.15, 0.2) is 24.3 Å². The third kappa shape index (κ3) is 2.44. The molecule has 1 aromatic carbocycles. The fourth-order valence-corrected chi connectivity index (χ4v) is 1.25. The molecule has 0 bridgehead atoms.